The molecule has 0 saturated heterocycles. The third kappa shape index (κ3) is 2.78. The van der Waals surface area contributed by atoms with Gasteiger partial charge in [-0.05, 0) is 0 Å². The molecular formula is C15H18BNO2. The number of ether oxygens (including phenoxy) is 1. The molecule has 0 aliphatic rings. The van der Waals surface area contributed by atoms with Crippen LogP contribution < -0.4 is 5.46 Å². The molecule has 1 aromatic heterocycles. The van der Waals surface area contributed by atoms with Crippen molar-refractivity contribution in [3.63, 3.8) is 0 Å². The number of carbonyl (C=O) groups excluding carboxylic acids is 1. The second kappa shape index (κ2) is 4.69. The molecular weight excluding hydrogens is 237 g/mol. The number of nitrogens with zero attached hydrogens (tertiary/aromatic N) is 1. The van der Waals surface area contributed by atoms with E-state index >= 15 is 0 Å². The molecule has 0 amide bonds. The Morgan fingerprint density at radius 3 is 2.58 bits per heavy atom. The zero-order valence-electron chi connectivity index (χ0n) is 11.9. The van der Waals surface area contributed by atoms with Gasteiger partial charge < -0.3 is 0 Å². The minimum atomic E-state index is -0.504. The van der Waals surface area contributed by atoms with Crippen LogP contribution in [0.4, 0.5) is 4.79 Å². The minimum absolute atomic E-state index is 0.346. The van der Waals surface area contributed by atoms with E-state index in [0.717, 1.165) is 22.1 Å². The van der Waals surface area contributed by atoms with Crippen LogP contribution in [0.5, 0.6) is 0 Å². The number of carbonyl (C=O) groups is 1. The van der Waals surface area contributed by atoms with E-state index in [2.05, 4.69) is 6.47 Å². The van der Waals surface area contributed by atoms with Crippen molar-refractivity contribution in [3.05, 3.63) is 30.0 Å². The Morgan fingerprint density at radius 2 is 2.00 bits per heavy atom. The first-order valence-electron chi connectivity index (χ1n) is 6.30. The van der Waals surface area contributed by atoms with Crippen LogP contribution in [-0.2, 0) is 4.74 Å². The maximum atomic E-state index is 12.3. The first kappa shape index (κ1) is 13.6. The molecule has 19 heavy (non-hydrogen) atoms. The summed E-state index contributed by atoms with van der Waals surface area (Å²) in [4.78, 5) is 12.3. The molecule has 0 N–H and O–H groups in total. The van der Waals surface area contributed by atoms with Gasteiger partial charge in [0.25, 0.3) is 0 Å². The number of aromatic nitrogens is 1. The van der Waals surface area contributed by atoms with Crippen LogP contribution in [0.15, 0.2) is 24.3 Å². The van der Waals surface area contributed by atoms with E-state index in [0.29, 0.717) is 0 Å². The van der Waals surface area contributed by atoms with Crippen molar-refractivity contribution < 1.29 is 9.53 Å². The van der Waals surface area contributed by atoms with Gasteiger partial charge in [0.2, 0.25) is 0 Å². The first-order chi connectivity index (χ1) is 8.81. The van der Waals surface area contributed by atoms with E-state index < -0.39 is 5.60 Å². The summed E-state index contributed by atoms with van der Waals surface area (Å²) < 4.78 is 7.05. The maximum absolute atomic E-state index is 12.3. The average molecular weight is 255 g/mol. The molecule has 0 aliphatic heterocycles. The van der Waals surface area contributed by atoms with Gasteiger partial charge in [-0.15, -0.1) is 0 Å². The van der Waals surface area contributed by atoms with Gasteiger partial charge in [-0.3, -0.25) is 0 Å². The van der Waals surface area contributed by atoms with Crippen LogP contribution in [-0.4, -0.2) is 29.7 Å². The number of aryl methyl sites for hydroxylation is 1. The Bertz CT molecular complexity index is 650. The van der Waals surface area contributed by atoms with E-state index in [4.69, 9.17) is 4.74 Å². The van der Waals surface area contributed by atoms with Gasteiger partial charge in [0.15, 0.2) is 0 Å². The molecule has 1 aromatic carbocycles. The zero-order valence-corrected chi connectivity index (χ0v) is 11.9. The Kier molecular flexibility index (Phi) is 3.35. The SMILES string of the molecule is C=Bc1ccc2cc(C)n(C(=O)OC(C)(C)C)c2c1. The molecule has 98 valence electrons. The van der Waals surface area contributed by atoms with Gasteiger partial charge in [0.1, 0.15) is 0 Å². The average Bonchev–Trinajstić information content (AvgIpc) is 2.61. The molecule has 0 atom stereocenters. The molecule has 0 radical (unpaired) electrons. The van der Waals surface area contributed by atoms with Crippen LogP contribution in [0.3, 0.4) is 0 Å². The molecule has 0 bridgehead atoms. The van der Waals surface area contributed by atoms with Crippen molar-refractivity contribution in [2.75, 3.05) is 0 Å². The van der Waals surface area contributed by atoms with Gasteiger partial charge in [0, 0.05) is 0 Å². The van der Waals surface area contributed by atoms with Crippen LogP contribution in [0.25, 0.3) is 10.9 Å². The number of hydrogen-bond donors (Lipinski definition) is 0. The molecule has 0 unspecified atom stereocenters. The summed E-state index contributed by atoms with van der Waals surface area (Å²) in [5.41, 5.74) is 2.20. The number of fused-ring (bicyclic) bond motifs is 1. The van der Waals surface area contributed by atoms with Crippen LogP contribution in [0, 0.1) is 6.92 Å². The number of rotatable bonds is 1. The van der Waals surface area contributed by atoms with Gasteiger partial charge in [-0.25, -0.2) is 0 Å². The topological polar surface area (TPSA) is 31.2 Å². The fourth-order valence-electron chi connectivity index (χ4n) is 2.03. The molecule has 0 saturated carbocycles. The summed E-state index contributed by atoms with van der Waals surface area (Å²) in [6.07, 6.45) is -0.346. The molecule has 3 nitrogen and oxygen atoms in total. The standard InChI is InChI=1S/C15H18BNO2/c1-10-8-11-6-7-12(16-5)9-13(11)17(10)14(18)19-15(2,3)4/h6-9H,5H2,1-4H3. The van der Waals surface area contributed by atoms with Crippen molar-refractivity contribution in [1.82, 2.24) is 4.57 Å². The molecule has 4 heteroatoms. The molecule has 2 aromatic rings. The van der Waals surface area contributed by atoms with E-state index in [1.165, 1.54) is 0 Å². The normalized spacial score (nSPS) is 11.4. The monoisotopic (exact) mass is 255 g/mol. The quantitative estimate of drug-likeness (QED) is 0.733. The first-order valence-corrected chi connectivity index (χ1v) is 6.30. The Morgan fingerprint density at radius 1 is 1.32 bits per heavy atom. The van der Waals surface area contributed by atoms with Gasteiger partial charge >= 0.3 is 113 Å². The predicted molar refractivity (Wildman–Crippen MR) is 80.8 cm³/mol. The summed E-state index contributed by atoms with van der Waals surface area (Å²) in [5, 5.41) is 1.02. The third-order valence-electron chi connectivity index (χ3n) is 2.82. The van der Waals surface area contributed by atoms with E-state index in [-0.39, 0.29) is 6.09 Å². The van der Waals surface area contributed by atoms with Crippen molar-refractivity contribution in [3.8, 4) is 0 Å². The Hall–Kier alpha value is -1.84. The van der Waals surface area contributed by atoms with Crippen molar-refractivity contribution in [2.45, 2.75) is 33.3 Å². The summed E-state index contributed by atoms with van der Waals surface area (Å²) in [6.45, 7) is 13.0. The van der Waals surface area contributed by atoms with Gasteiger partial charge in [0.05, 0.1) is 0 Å². The molecule has 0 aliphatic carbocycles. The van der Waals surface area contributed by atoms with Gasteiger partial charge in [-0.1, -0.05) is 0 Å². The van der Waals surface area contributed by atoms with Crippen LogP contribution in [0.2, 0.25) is 0 Å². The van der Waals surface area contributed by atoms with Gasteiger partial charge in [-0.2, -0.15) is 0 Å². The molecule has 0 fully saturated rings. The zero-order chi connectivity index (χ0) is 14.2. The van der Waals surface area contributed by atoms with Crippen molar-refractivity contribution in [2.24, 2.45) is 0 Å². The Balaban J connectivity index is 2.55. The number of hydrogen-bond acceptors (Lipinski definition) is 2. The van der Waals surface area contributed by atoms with E-state index in [9.17, 15) is 4.79 Å². The fraction of sp³-hybridized carbons (Fsp3) is 0.333. The van der Waals surface area contributed by atoms with E-state index in [1.807, 2.05) is 52.0 Å². The Labute approximate surface area is 114 Å². The summed E-state index contributed by atoms with van der Waals surface area (Å²) in [6, 6.07) is 7.89. The molecule has 1 heterocycles. The van der Waals surface area contributed by atoms with Crippen molar-refractivity contribution in [1.29, 1.82) is 0 Å². The van der Waals surface area contributed by atoms with Crippen molar-refractivity contribution >= 4 is 35.8 Å². The van der Waals surface area contributed by atoms with Crippen LogP contribution >= 0.6 is 0 Å². The second-order valence-corrected chi connectivity index (χ2v) is 5.62. The molecule has 0 spiro atoms. The second-order valence-electron chi connectivity index (χ2n) is 5.62. The third-order valence-corrected chi connectivity index (χ3v) is 2.82. The van der Waals surface area contributed by atoms with Crippen LogP contribution in [0.1, 0.15) is 26.5 Å². The summed E-state index contributed by atoms with van der Waals surface area (Å²) in [7, 11) is 0. The summed E-state index contributed by atoms with van der Waals surface area (Å²) in [5.74, 6) is 0. The molecule has 2 rings (SSSR count). The fourth-order valence-corrected chi connectivity index (χ4v) is 2.03. The van der Waals surface area contributed by atoms with E-state index in [1.54, 1.807) is 11.5 Å². The predicted octanol–water partition coefficient (Wildman–Crippen LogP) is 2.49. The summed E-state index contributed by atoms with van der Waals surface area (Å²) >= 11 is 0. The number of benzene rings is 1.